The zero-order valence-electron chi connectivity index (χ0n) is 15.1. The van der Waals surface area contributed by atoms with E-state index in [9.17, 15) is 14.4 Å². The lowest BCUT2D eigenvalue weighted by Crippen LogP contribution is -2.42. The Balaban J connectivity index is 1.42. The van der Waals surface area contributed by atoms with Gasteiger partial charge in [-0.25, -0.2) is 14.5 Å². The van der Waals surface area contributed by atoms with Gasteiger partial charge in [-0.1, -0.05) is 0 Å². The zero-order chi connectivity index (χ0) is 19.7. The Kier molecular flexibility index (Phi) is 4.86. The summed E-state index contributed by atoms with van der Waals surface area (Å²) >= 11 is 0. The molecule has 1 N–H and O–H groups in total. The molecule has 28 heavy (non-hydrogen) atoms. The number of carbonyl (C=O) groups is 3. The van der Waals surface area contributed by atoms with Crippen molar-refractivity contribution in [2.45, 2.75) is 38.1 Å². The maximum absolute atomic E-state index is 12.7. The van der Waals surface area contributed by atoms with Crippen molar-refractivity contribution < 1.29 is 33.0 Å². The topological polar surface area (TPSA) is 120 Å². The van der Waals surface area contributed by atoms with Crippen molar-refractivity contribution in [3.8, 4) is 0 Å². The SMILES string of the molecule is CC(OC(=O)OC1CCOCC1)N1C(=O)N[C@@H](c2cc3cnccc3o2)C1=O. The van der Waals surface area contributed by atoms with E-state index in [1.807, 2.05) is 0 Å². The standard InChI is InChI=1S/C18H19N3O7/c1-10(26-18(24)27-12-3-6-25-7-4-12)21-16(22)15(20-17(21)23)14-8-11-9-19-5-2-13(11)28-14/h2,5,8-10,12,15H,3-4,6-7H2,1H3,(H,20,23)/t10?,15-/m0/s1. The van der Waals surface area contributed by atoms with E-state index in [1.54, 1.807) is 24.5 Å². The summed E-state index contributed by atoms with van der Waals surface area (Å²) in [6.07, 6.45) is 1.96. The van der Waals surface area contributed by atoms with E-state index in [0.29, 0.717) is 37.0 Å². The number of carbonyl (C=O) groups excluding carboxylic acids is 3. The van der Waals surface area contributed by atoms with Crippen LogP contribution in [0, 0.1) is 0 Å². The fourth-order valence-corrected chi connectivity index (χ4v) is 3.23. The molecule has 2 saturated heterocycles. The molecule has 0 aromatic carbocycles. The van der Waals surface area contributed by atoms with Crippen molar-refractivity contribution in [2.24, 2.45) is 0 Å². The fraction of sp³-hybridized carbons (Fsp3) is 0.444. The van der Waals surface area contributed by atoms with Crippen molar-refractivity contribution in [1.82, 2.24) is 15.2 Å². The second-order valence-corrected chi connectivity index (χ2v) is 6.55. The van der Waals surface area contributed by atoms with E-state index >= 15 is 0 Å². The number of urea groups is 1. The van der Waals surface area contributed by atoms with Crippen LogP contribution in [0.2, 0.25) is 0 Å². The molecule has 2 aromatic heterocycles. The van der Waals surface area contributed by atoms with Gasteiger partial charge in [0.25, 0.3) is 5.91 Å². The molecule has 0 radical (unpaired) electrons. The number of aromatic nitrogens is 1. The Bertz CT molecular complexity index is 872. The Labute approximate surface area is 159 Å². The van der Waals surface area contributed by atoms with E-state index < -0.39 is 30.4 Å². The van der Waals surface area contributed by atoms with Gasteiger partial charge in [0.2, 0.25) is 0 Å². The Hall–Kier alpha value is -3.14. The van der Waals surface area contributed by atoms with Crippen molar-refractivity contribution in [3.63, 3.8) is 0 Å². The molecule has 2 atom stereocenters. The molecule has 2 fully saturated rings. The number of ether oxygens (including phenoxy) is 3. The molecule has 0 spiro atoms. The first kappa shape index (κ1) is 18.2. The van der Waals surface area contributed by atoms with Gasteiger partial charge in [-0.15, -0.1) is 0 Å². The summed E-state index contributed by atoms with van der Waals surface area (Å²) in [4.78, 5) is 41.8. The summed E-state index contributed by atoms with van der Waals surface area (Å²) in [7, 11) is 0. The molecule has 0 bridgehead atoms. The third-order valence-electron chi connectivity index (χ3n) is 4.65. The number of nitrogens with one attached hydrogen (secondary N) is 1. The van der Waals surface area contributed by atoms with Gasteiger partial charge in [0.15, 0.2) is 12.3 Å². The van der Waals surface area contributed by atoms with Crippen LogP contribution in [0.3, 0.4) is 0 Å². The monoisotopic (exact) mass is 389 g/mol. The number of hydrogen-bond donors (Lipinski definition) is 1. The largest absolute Gasteiger partial charge is 0.510 e. The maximum atomic E-state index is 12.7. The van der Waals surface area contributed by atoms with Crippen molar-refractivity contribution >= 4 is 29.1 Å². The highest BCUT2D eigenvalue weighted by atomic mass is 16.7. The molecule has 148 valence electrons. The Morgan fingerprint density at radius 1 is 1.36 bits per heavy atom. The number of fused-ring (bicyclic) bond motifs is 1. The second-order valence-electron chi connectivity index (χ2n) is 6.55. The minimum atomic E-state index is -1.13. The minimum absolute atomic E-state index is 0.279. The highest BCUT2D eigenvalue weighted by Crippen LogP contribution is 2.28. The lowest BCUT2D eigenvalue weighted by molar-refractivity contribution is -0.135. The molecular formula is C18H19N3O7. The third kappa shape index (κ3) is 3.50. The number of nitrogens with zero attached hydrogens (tertiary/aromatic N) is 2. The first-order valence-electron chi connectivity index (χ1n) is 8.95. The van der Waals surface area contributed by atoms with Crippen molar-refractivity contribution in [1.29, 1.82) is 0 Å². The number of pyridine rings is 1. The van der Waals surface area contributed by atoms with Crippen LogP contribution in [0.25, 0.3) is 11.0 Å². The molecule has 4 heterocycles. The normalized spacial score (nSPS) is 21.6. The Morgan fingerprint density at radius 3 is 2.89 bits per heavy atom. The van der Waals surface area contributed by atoms with Crippen molar-refractivity contribution in [3.05, 3.63) is 30.3 Å². The highest BCUT2D eigenvalue weighted by molar-refractivity contribution is 6.05. The molecule has 10 heteroatoms. The summed E-state index contributed by atoms with van der Waals surface area (Å²) in [6.45, 7) is 2.44. The molecule has 0 saturated carbocycles. The van der Waals surface area contributed by atoms with Crippen LogP contribution >= 0.6 is 0 Å². The Morgan fingerprint density at radius 2 is 2.14 bits per heavy atom. The van der Waals surface area contributed by atoms with E-state index in [4.69, 9.17) is 18.6 Å². The van der Waals surface area contributed by atoms with E-state index in [1.165, 1.54) is 6.92 Å². The van der Waals surface area contributed by atoms with Gasteiger partial charge in [-0.3, -0.25) is 9.78 Å². The van der Waals surface area contributed by atoms with Gasteiger partial charge in [-0.2, -0.15) is 0 Å². The van der Waals surface area contributed by atoms with Crippen LogP contribution in [0.5, 0.6) is 0 Å². The predicted octanol–water partition coefficient (Wildman–Crippen LogP) is 2.10. The molecule has 4 rings (SSSR count). The third-order valence-corrected chi connectivity index (χ3v) is 4.65. The minimum Gasteiger partial charge on any atom is -0.458 e. The smallest absolute Gasteiger partial charge is 0.458 e. The van der Waals surface area contributed by atoms with Gasteiger partial charge in [0, 0.05) is 30.6 Å². The van der Waals surface area contributed by atoms with Crippen LogP contribution < -0.4 is 5.32 Å². The van der Waals surface area contributed by atoms with E-state index in [2.05, 4.69) is 10.3 Å². The van der Waals surface area contributed by atoms with E-state index in [0.717, 1.165) is 4.90 Å². The van der Waals surface area contributed by atoms with Gasteiger partial charge in [-0.05, 0) is 19.1 Å². The number of amides is 3. The van der Waals surface area contributed by atoms with Crippen LogP contribution in [-0.4, -0.2) is 53.5 Å². The molecule has 1 unspecified atom stereocenters. The van der Waals surface area contributed by atoms with Crippen LogP contribution in [0.15, 0.2) is 28.9 Å². The molecule has 2 aromatic rings. The van der Waals surface area contributed by atoms with Gasteiger partial charge in [0.05, 0.1) is 13.2 Å². The zero-order valence-corrected chi connectivity index (χ0v) is 15.1. The quantitative estimate of drug-likeness (QED) is 0.623. The lowest BCUT2D eigenvalue weighted by atomic mass is 10.2. The average molecular weight is 389 g/mol. The average Bonchev–Trinajstić information content (AvgIpc) is 3.22. The fourth-order valence-electron chi connectivity index (χ4n) is 3.23. The molecule has 2 aliphatic rings. The summed E-state index contributed by atoms with van der Waals surface area (Å²) in [5.74, 6) is -0.302. The molecular weight excluding hydrogens is 370 g/mol. The number of hydrogen-bond acceptors (Lipinski definition) is 8. The van der Waals surface area contributed by atoms with Gasteiger partial charge < -0.3 is 23.9 Å². The summed E-state index contributed by atoms with van der Waals surface area (Å²) in [5, 5.41) is 3.25. The number of rotatable bonds is 4. The second kappa shape index (κ2) is 7.47. The van der Waals surface area contributed by atoms with Crippen LogP contribution in [0.1, 0.15) is 31.6 Å². The number of furan rings is 1. The van der Waals surface area contributed by atoms with Crippen molar-refractivity contribution in [2.75, 3.05) is 13.2 Å². The molecule has 3 amide bonds. The summed E-state index contributed by atoms with van der Waals surface area (Å²) in [5.41, 5.74) is 0.551. The summed E-state index contributed by atoms with van der Waals surface area (Å²) in [6, 6.07) is 1.62. The first-order chi connectivity index (χ1) is 13.5. The first-order valence-corrected chi connectivity index (χ1v) is 8.95. The maximum Gasteiger partial charge on any atom is 0.510 e. The van der Waals surface area contributed by atoms with Crippen LogP contribution in [-0.2, 0) is 19.0 Å². The summed E-state index contributed by atoms with van der Waals surface area (Å²) < 4.78 is 21.2. The van der Waals surface area contributed by atoms with E-state index in [-0.39, 0.29) is 11.9 Å². The molecule has 0 aliphatic carbocycles. The predicted molar refractivity (Wildman–Crippen MR) is 93.0 cm³/mol. The lowest BCUT2D eigenvalue weighted by Gasteiger charge is -2.25. The molecule has 10 nitrogen and oxygen atoms in total. The van der Waals surface area contributed by atoms with Gasteiger partial charge >= 0.3 is 12.2 Å². The number of imide groups is 1. The molecule has 2 aliphatic heterocycles. The van der Waals surface area contributed by atoms with Gasteiger partial charge in [0.1, 0.15) is 17.4 Å². The van der Waals surface area contributed by atoms with Crippen LogP contribution in [0.4, 0.5) is 9.59 Å². The highest BCUT2D eigenvalue weighted by Gasteiger charge is 2.44.